The van der Waals surface area contributed by atoms with Crippen molar-refractivity contribution in [2.24, 2.45) is 0 Å². The van der Waals surface area contributed by atoms with Gasteiger partial charge < -0.3 is 10.4 Å². The van der Waals surface area contributed by atoms with Crippen molar-refractivity contribution in [1.29, 1.82) is 0 Å². The summed E-state index contributed by atoms with van der Waals surface area (Å²) >= 11 is 0. The number of carboxylic acids is 1. The van der Waals surface area contributed by atoms with E-state index in [-0.39, 0.29) is 12.3 Å². The lowest BCUT2D eigenvalue weighted by Crippen LogP contribution is -2.42. The van der Waals surface area contributed by atoms with Gasteiger partial charge in [-0.1, -0.05) is 47.5 Å². The van der Waals surface area contributed by atoms with E-state index in [1.165, 1.54) is 0 Å². The lowest BCUT2D eigenvalue weighted by Gasteiger charge is -2.15. The van der Waals surface area contributed by atoms with Gasteiger partial charge in [0.05, 0.1) is 0 Å². The number of hydrogen-bond donors (Lipinski definition) is 2. The first-order valence-electron chi connectivity index (χ1n) is 7.11. The molecule has 0 aromatic heterocycles. The second-order valence-corrected chi connectivity index (χ2v) is 5.42. The second-order valence-electron chi connectivity index (χ2n) is 5.42. The molecule has 0 aliphatic rings. The summed E-state index contributed by atoms with van der Waals surface area (Å²) < 4.78 is 0. The van der Waals surface area contributed by atoms with Crippen LogP contribution in [0.1, 0.15) is 27.0 Å². The molecule has 2 N–H and O–H groups in total. The van der Waals surface area contributed by atoms with E-state index in [1.54, 1.807) is 12.1 Å². The molecule has 0 radical (unpaired) electrons. The van der Waals surface area contributed by atoms with E-state index in [1.807, 2.05) is 50.2 Å². The van der Waals surface area contributed by atoms with Crippen molar-refractivity contribution in [2.75, 3.05) is 0 Å². The van der Waals surface area contributed by atoms with Crippen LogP contribution in [0.4, 0.5) is 0 Å². The summed E-state index contributed by atoms with van der Waals surface area (Å²) in [6, 6.07) is 13.7. The Morgan fingerprint density at radius 3 is 1.95 bits per heavy atom. The molecule has 22 heavy (non-hydrogen) atoms. The highest BCUT2D eigenvalue weighted by atomic mass is 16.4. The molecule has 4 nitrogen and oxygen atoms in total. The minimum absolute atomic E-state index is 0.257. The SMILES string of the molecule is Cc1ccc(CC(NC(=O)c2ccc(C)cc2)C(=O)O)cc1. The number of carbonyl (C=O) groups excluding carboxylic acids is 1. The van der Waals surface area contributed by atoms with Crippen molar-refractivity contribution in [1.82, 2.24) is 5.32 Å². The molecule has 0 heterocycles. The van der Waals surface area contributed by atoms with Gasteiger partial charge >= 0.3 is 5.97 Å². The monoisotopic (exact) mass is 297 g/mol. The average molecular weight is 297 g/mol. The predicted molar refractivity (Wildman–Crippen MR) is 85.0 cm³/mol. The fourth-order valence-electron chi connectivity index (χ4n) is 2.11. The quantitative estimate of drug-likeness (QED) is 0.891. The maximum absolute atomic E-state index is 12.1. The van der Waals surface area contributed by atoms with Crippen molar-refractivity contribution < 1.29 is 14.7 Å². The number of nitrogens with one attached hydrogen (secondary N) is 1. The molecule has 2 aromatic rings. The first-order chi connectivity index (χ1) is 10.5. The molecular weight excluding hydrogens is 278 g/mol. The van der Waals surface area contributed by atoms with E-state index >= 15 is 0 Å². The molecule has 1 atom stereocenters. The van der Waals surface area contributed by atoms with Crippen LogP contribution >= 0.6 is 0 Å². The Hall–Kier alpha value is -2.62. The molecule has 4 heteroatoms. The predicted octanol–water partition coefficient (Wildman–Crippen LogP) is 2.73. The van der Waals surface area contributed by atoms with E-state index in [9.17, 15) is 14.7 Å². The van der Waals surface area contributed by atoms with Crippen molar-refractivity contribution in [3.63, 3.8) is 0 Å². The van der Waals surface area contributed by atoms with Crippen LogP contribution in [0.25, 0.3) is 0 Å². The van der Waals surface area contributed by atoms with E-state index in [0.717, 1.165) is 16.7 Å². The minimum atomic E-state index is -1.04. The van der Waals surface area contributed by atoms with Gasteiger partial charge in [-0.3, -0.25) is 4.79 Å². The molecule has 0 saturated heterocycles. The van der Waals surface area contributed by atoms with Crippen molar-refractivity contribution in [3.8, 4) is 0 Å². The average Bonchev–Trinajstić information content (AvgIpc) is 2.49. The molecule has 2 rings (SSSR count). The molecule has 1 amide bonds. The van der Waals surface area contributed by atoms with Crippen LogP contribution in [-0.4, -0.2) is 23.0 Å². The largest absolute Gasteiger partial charge is 0.480 e. The molecule has 0 aliphatic carbocycles. The van der Waals surface area contributed by atoms with E-state index in [2.05, 4.69) is 5.32 Å². The lowest BCUT2D eigenvalue weighted by molar-refractivity contribution is -0.139. The van der Waals surface area contributed by atoms with Gasteiger partial charge in [0, 0.05) is 12.0 Å². The summed E-state index contributed by atoms with van der Waals surface area (Å²) in [4.78, 5) is 23.5. The summed E-state index contributed by atoms with van der Waals surface area (Å²) in [6.45, 7) is 3.90. The molecule has 0 aliphatic heterocycles. The molecular formula is C18H19NO3. The Bertz CT molecular complexity index is 660. The number of carbonyl (C=O) groups is 2. The van der Waals surface area contributed by atoms with Crippen LogP contribution in [0, 0.1) is 13.8 Å². The summed E-state index contributed by atoms with van der Waals surface area (Å²) in [7, 11) is 0. The number of aliphatic carboxylic acids is 1. The number of rotatable bonds is 5. The van der Waals surface area contributed by atoms with Gasteiger partial charge in [-0.15, -0.1) is 0 Å². The Balaban J connectivity index is 2.08. The Morgan fingerprint density at radius 1 is 0.955 bits per heavy atom. The molecule has 0 saturated carbocycles. The van der Waals surface area contributed by atoms with Gasteiger partial charge in [0.1, 0.15) is 6.04 Å². The summed E-state index contributed by atoms with van der Waals surface area (Å²) in [6.07, 6.45) is 0.257. The van der Waals surface area contributed by atoms with Gasteiger partial charge in [-0.05, 0) is 31.5 Å². The fraction of sp³-hybridized carbons (Fsp3) is 0.222. The summed E-state index contributed by atoms with van der Waals surface area (Å²) in [5.41, 5.74) is 3.49. The Labute approximate surface area is 129 Å². The maximum atomic E-state index is 12.1. The third-order valence-corrected chi connectivity index (χ3v) is 3.48. The van der Waals surface area contributed by atoms with E-state index < -0.39 is 12.0 Å². The third-order valence-electron chi connectivity index (χ3n) is 3.48. The van der Waals surface area contributed by atoms with Crippen molar-refractivity contribution in [3.05, 3.63) is 70.8 Å². The first kappa shape index (κ1) is 15.8. The zero-order chi connectivity index (χ0) is 16.1. The second kappa shape index (κ2) is 6.89. The van der Waals surface area contributed by atoms with Crippen LogP contribution in [0.2, 0.25) is 0 Å². The zero-order valence-corrected chi connectivity index (χ0v) is 12.7. The molecule has 2 aromatic carbocycles. The number of benzene rings is 2. The standard InChI is InChI=1S/C18H19NO3/c1-12-3-7-14(8-4-12)11-16(18(21)22)19-17(20)15-9-5-13(2)6-10-15/h3-10,16H,11H2,1-2H3,(H,19,20)(H,21,22). The molecule has 114 valence electrons. The molecule has 0 bridgehead atoms. The smallest absolute Gasteiger partial charge is 0.326 e. The maximum Gasteiger partial charge on any atom is 0.326 e. The topological polar surface area (TPSA) is 66.4 Å². The normalized spacial score (nSPS) is 11.7. The number of hydrogen-bond acceptors (Lipinski definition) is 2. The minimum Gasteiger partial charge on any atom is -0.480 e. The van der Waals surface area contributed by atoms with Crippen LogP contribution in [-0.2, 0) is 11.2 Å². The zero-order valence-electron chi connectivity index (χ0n) is 12.7. The van der Waals surface area contributed by atoms with Crippen LogP contribution < -0.4 is 5.32 Å². The van der Waals surface area contributed by atoms with E-state index in [0.29, 0.717) is 5.56 Å². The molecule has 0 fully saturated rings. The highest BCUT2D eigenvalue weighted by molar-refractivity contribution is 5.96. The Morgan fingerprint density at radius 2 is 1.45 bits per heavy atom. The number of aryl methyl sites for hydroxylation is 2. The summed E-state index contributed by atoms with van der Waals surface area (Å²) in [5.74, 6) is -1.42. The highest BCUT2D eigenvalue weighted by Gasteiger charge is 2.21. The summed E-state index contributed by atoms with van der Waals surface area (Å²) in [5, 5.41) is 11.9. The van der Waals surface area contributed by atoms with Crippen LogP contribution in [0.5, 0.6) is 0 Å². The lowest BCUT2D eigenvalue weighted by atomic mass is 10.0. The highest BCUT2D eigenvalue weighted by Crippen LogP contribution is 2.08. The van der Waals surface area contributed by atoms with Gasteiger partial charge in [0.15, 0.2) is 0 Å². The van der Waals surface area contributed by atoms with Gasteiger partial charge in [0.2, 0.25) is 0 Å². The van der Waals surface area contributed by atoms with Crippen LogP contribution in [0.15, 0.2) is 48.5 Å². The van der Waals surface area contributed by atoms with Crippen molar-refractivity contribution >= 4 is 11.9 Å². The van der Waals surface area contributed by atoms with Crippen molar-refractivity contribution in [2.45, 2.75) is 26.3 Å². The molecule has 1 unspecified atom stereocenters. The van der Waals surface area contributed by atoms with Gasteiger partial charge in [-0.25, -0.2) is 4.79 Å². The Kier molecular flexibility index (Phi) is 4.94. The molecule has 0 spiro atoms. The number of amides is 1. The van der Waals surface area contributed by atoms with Gasteiger partial charge in [-0.2, -0.15) is 0 Å². The number of carboxylic acid groups (broad SMARTS) is 1. The van der Waals surface area contributed by atoms with Gasteiger partial charge in [0.25, 0.3) is 5.91 Å². The first-order valence-corrected chi connectivity index (χ1v) is 7.11. The van der Waals surface area contributed by atoms with E-state index in [4.69, 9.17) is 0 Å². The third kappa shape index (κ3) is 4.19. The van der Waals surface area contributed by atoms with Crippen LogP contribution in [0.3, 0.4) is 0 Å². The fourth-order valence-corrected chi connectivity index (χ4v) is 2.11.